The van der Waals surface area contributed by atoms with Gasteiger partial charge in [-0.25, -0.2) is 0 Å². The molecule has 1 aliphatic rings. The Morgan fingerprint density at radius 2 is 1.85 bits per heavy atom. The number of rotatable bonds is 6. The smallest absolute Gasteiger partial charge is 0.309 e. The molecule has 1 aromatic rings. The van der Waals surface area contributed by atoms with Crippen LogP contribution in [0.4, 0.5) is 0 Å². The molecule has 1 aliphatic carbocycles. The highest BCUT2D eigenvalue weighted by molar-refractivity contribution is 5.91. The van der Waals surface area contributed by atoms with Gasteiger partial charge in [0.15, 0.2) is 0 Å². The first-order chi connectivity index (χ1) is 9.38. The molecule has 0 radical (unpaired) electrons. The zero-order valence-electron chi connectivity index (χ0n) is 12.0. The van der Waals surface area contributed by atoms with Crippen molar-refractivity contribution in [2.75, 3.05) is 6.54 Å². The number of nitrogens with one attached hydrogen (secondary N) is 1. The number of hydrogen-bond acceptors (Lipinski definition) is 2. The van der Waals surface area contributed by atoms with Crippen molar-refractivity contribution in [3.05, 3.63) is 35.9 Å². The number of amides is 1. The van der Waals surface area contributed by atoms with Crippen LogP contribution in [0.2, 0.25) is 0 Å². The van der Waals surface area contributed by atoms with E-state index in [4.69, 9.17) is 5.11 Å². The fraction of sp³-hybridized carbons (Fsp3) is 0.500. The molecule has 0 saturated heterocycles. The molecule has 1 amide bonds. The molecule has 1 fully saturated rings. The summed E-state index contributed by atoms with van der Waals surface area (Å²) in [4.78, 5) is 23.3. The van der Waals surface area contributed by atoms with Gasteiger partial charge in [0.25, 0.3) is 0 Å². The molecule has 4 heteroatoms. The molecule has 1 saturated carbocycles. The molecule has 108 valence electrons. The molecule has 0 aliphatic heterocycles. The van der Waals surface area contributed by atoms with Crippen LogP contribution in [0, 0.1) is 5.41 Å². The molecule has 1 aromatic carbocycles. The number of carbonyl (C=O) groups is 2. The number of hydrogen-bond donors (Lipinski definition) is 2. The zero-order valence-corrected chi connectivity index (χ0v) is 12.0. The number of carbonyl (C=O) groups excluding carboxylic acids is 1. The normalized spacial score (nSPS) is 16.5. The first-order valence-electron chi connectivity index (χ1n) is 6.96. The van der Waals surface area contributed by atoms with E-state index in [1.165, 1.54) is 0 Å². The largest absolute Gasteiger partial charge is 0.481 e. The first-order valence-corrected chi connectivity index (χ1v) is 6.96. The third-order valence-electron chi connectivity index (χ3n) is 4.13. The fourth-order valence-corrected chi connectivity index (χ4v) is 2.29. The average molecular weight is 275 g/mol. The molecule has 0 bridgehead atoms. The second-order valence-electron chi connectivity index (χ2n) is 6.14. The van der Waals surface area contributed by atoms with Crippen molar-refractivity contribution in [1.29, 1.82) is 0 Å². The lowest BCUT2D eigenvalue weighted by Gasteiger charge is -2.21. The van der Waals surface area contributed by atoms with Gasteiger partial charge in [-0.2, -0.15) is 0 Å². The summed E-state index contributed by atoms with van der Waals surface area (Å²) in [5.41, 5.74) is -0.138. The second-order valence-corrected chi connectivity index (χ2v) is 6.14. The van der Waals surface area contributed by atoms with E-state index in [1.807, 2.05) is 30.3 Å². The lowest BCUT2D eigenvalue weighted by atomic mass is 9.89. The Morgan fingerprint density at radius 1 is 1.25 bits per heavy atom. The minimum absolute atomic E-state index is 0.0184. The Balaban J connectivity index is 1.92. The monoisotopic (exact) mass is 275 g/mol. The summed E-state index contributed by atoms with van der Waals surface area (Å²) in [6.07, 6.45) is 2.16. The van der Waals surface area contributed by atoms with Crippen molar-refractivity contribution < 1.29 is 14.7 Å². The Labute approximate surface area is 119 Å². The van der Waals surface area contributed by atoms with E-state index in [1.54, 1.807) is 13.8 Å². The van der Waals surface area contributed by atoms with Gasteiger partial charge in [-0.15, -0.1) is 0 Å². The topological polar surface area (TPSA) is 66.4 Å². The maximum atomic E-state index is 12.3. The van der Waals surface area contributed by atoms with Crippen LogP contribution in [0.3, 0.4) is 0 Å². The SMILES string of the molecule is CC(C)(CCNC(=O)C1(c2ccccc2)CC1)C(=O)O. The van der Waals surface area contributed by atoms with Crippen LogP contribution < -0.4 is 5.32 Å². The predicted molar refractivity (Wildman–Crippen MR) is 76.4 cm³/mol. The summed E-state index contributed by atoms with van der Waals surface area (Å²) in [5, 5.41) is 11.9. The molecule has 0 unspecified atom stereocenters. The van der Waals surface area contributed by atoms with Crippen LogP contribution in [0.25, 0.3) is 0 Å². The summed E-state index contributed by atoms with van der Waals surface area (Å²) in [6, 6.07) is 9.78. The van der Waals surface area contributed by atoms with Gasteiger partial charge < -0.3 is 10.4 Å². The molecule has 2 N–H and O–H groups in total. The van der Waals surface area contributed by atoms with Crippen LogP contribution in [0.5, 0.6) is 0 Å². The third-order valence-corrected chi connectivity index (χ3v) is 4.13. The highest BCUT2D eigenvalue weighted by Gasteiger charge is 2.51. The summed E-state index contributed by atoms with van der Waals surface area (Å²) in [7, 11) is 0. The molecule has 0 aromatic heterocycles. The Morgan fingerprint density at radius 3 is 2.35 bits per heavy atom. The van der Waals surface area contributed by atoms with E-state index >= 15 is 0 Å². The lowest BCUT2D eigenvalue weighted by Crippen LogP contribution is -2.37. The first kappa shape index (κ1) is 14.6. The van der Waals surface area contributed by atoms with Gasteiger partial charge in [-0.1, -0.05) is 30.3 Å². The zero-order chi connectivity index (χ0) is 14.8. The Bertz CT molecular complexity index is 504. The third kappa shape index (κ3) is 2.84. The Hall–Kier alpha value is -1.84. The second kappa shape index (κ2) is 5.27. The maximum absolute atomic E-state index is 12.3. The predicted octanol–water partition coefficient (Wildman–Crippen LogP) is 2.34. The average Bonchev–Trinajstić information content (AvgIpc) is 3.21. The van der Waals surface area contributed by atoms with Crippen molar-refractivity contribution in [1.82, 2.24) is 5.32 Å². The van der Waals surface area contributed by atoms with Crippen molar-refractivity contribution in [3.63, 3.8) is 0 Å². The van der Waals surface area contributed by atoms with Crippen molar-refractivity contribution in [2.24, 2.45) is 5.41 Å². The molecule has 0 spiro atoms. The van der Waals surface area contributed by atoms with Crippen LogP contribution in [-0.2, 0) is 15.0 Å². The minimum atomic E-state index is -0.837. The lowest BCUT2D eigenvalue weighted by molar-refractivity contribution is -0.147. The molecule has 0 atom stereocenters. The highest BCUT2D eigenvalue weighted by atomic mass is 16.4. The fourth-order valence-electron chi connectivity index (χ4n) is 2.29. The highest BCUT2D eigenvalue weighted by Crippen LogP contribution is 2.48. The van der Waals surface area contributed by atoms with Crippen LogP contribution in [0.1, 0.15) is 38.7 Å². The van der Waals surface area contributed by atoms with E-state index in [-0.39, 0.29) is 11.3 Å². The molecule has 4 nitrogen and oxygen atoms in total. The number of benzene rings is 1. The van der Waals surface area contributed by atoms with Crippen molar-refractivity contribution >= 4 is 11.9 Å². The van der Waals surface area contributed by atoms with Crippen LogP contribution in [0.15, 0.2) is 30.3 Å². The van der Waals surface area contributed by atoms with Crippen molar-refractivity contribution in [2.45, 2.75) is 38.5 Å². The van der Waals surface area contributed by atoms with Gasteiger partial charge in [-0.05, 0) is 38.7 Å². The standard InChI is InChI=1S/C16H21NO3/c1-15(2,14(19)20)10-11-17-13(18)16(8-9-16)12-6-4-3-5-7-12/h3-7H,8-11H2,1-2H3,(H,17,18)(H,19,20). The van der Waals surface area contributed by atoms with Crippen molar-refractivity contribution in [3.8, 4) is 0 Å². The van der Waals surface area contributed by atoms with Gasteiger partial charge in [-0.3, -0.25) is 9.59 Å². The van der Waals surface area contributed by atoms with E-state index in [0.29, 0.717) is 13.0 Å². The van der Waals surface area contributed by atoms with E-state index in [9.17, 15) is 9.59 Å². The maximum Gasteiger partial charge on any atom is 0.309 e. The van der Waals surface area contributed by atoms with Gasteiger partial charge in [0, 0.05) is 6.54 Å². The number of carboxylic acid groups (broad SMARTS) is 1. The van der Waals surface area contributed by atoms with Gasteiger partial charge in [0.05, 0.1) is 10.8 Å². The molecule has 2 rings (SSSR count). The summed E-state index contributed by atoms with van der Waals surface area (Å²) >= 11 is 0. The van der Waals surface area contributed by atoms with Crippen LogP contribution in [-0.4, -0.2) is 23.5 Å². The summed E-state index contributed by atoms with van der Waals surface area (Å²) in [5.74, 6) is -0.819. The molecular weight excluding hydrogens is 254 g/mol. The van der Waals surface area contributed by atoms with E-state index in [2.05, 4.69) is 5.32 Å². The van der Waals surface area contributed by atoms with Crippen LogP contribution >= 0.6 is 0 Å². The quantitative estimate of drug-likeness (QED) is 0.837. The van der Waals surface area contributed by atoms with E-state index < -0.39 is 11.4 Å². The summed E-state index contributed by atoms with van der Waals surface area (Å²) < 4.78 is 0. The Kier molecular flexibility index (Phi) is 3.84. The van der Waals surface area contributed by atoms with Gasteiger partial charge in [0.2, 0.25) is 5.91 Å². The summed E-state index contributed by atoms with van der Waals surface area (Å²) in [6.45, 7) is 3.74. The number of aliphatic carboxylic acids is 1. The molecule has 0 heterocycles. The van der Waals surface area contributed by atoms with Gasteiger partial charge >= 0.3 is 5.97 Å². The van der Waals surface area contributed by atoms with E-state index in [0.717, 1.165) is 18.4 Å². The molecular formula is C16H21NO3. The van der Waals surface area contributed by atoms with Gasteiger partial charge in [0.1, 0.15) is 0 Å². The molecule has 20 heavy (non-hydrogen) atoms. The minimum Gasteiger partial charge on any atom is -0.481 e. The number of carboxylic acids is 1.